The van der Waals surface area contributed by atoms with Gasteiger partial charge in [-0.25, -0.2) is 4.79 Å². The summed E-state index contributed by atoms with van der Waals surface area (Å²) in [6.45, 7) is 0.164. The van der Waals surface area contributed by atoms with E-state index in [2.05, 4.69) is 4.74 Å². The first-order valence-corrected chi connectivity index (χ1v) is 6.08. The van der Waals surface area contributed by atoms with Crippen molar-refractivity contribution in [2.24, 2.45) is 0 Å². The third kappa shape index (κ3) is 2.93. The molecule has 0 spiro atoms. The molecule has 0 atom stereocenters. The van der Waals surface area contributed by atoms with E-state index in [0.717, 1.165) is 10.9 Å². The van der Waals surface area contributed by atoms with Crippen LogP contribution in [0.1, 0.15) is 11.1 Å². The molecule has 1 N–H and O–H groups in total. The molecule has 0 aliphatic heterocycles. The molecule has 0 aliphatic rings. The Bertz CT molecular complexity index is 638. The van der Waals surface area contributed by atoms with E-state index in [0.29, 0.717) is 5.39 Å². The zero-order valence-corrected chi connectivity index (χ0v) is 10.9. The average Bonchev–Trinajstić information content (AvgIpc) is 2.38. The lowest BCUT2D eigenvalue weighted by Crippen LogP contribution is -2.23. The number of carboxylic acids is 1. The number of carbonyl (C=O) groups is 1. The van der Waals surface area contributed by atoms with Crippen LogP contribution in [0.5, 0.6) is 0 Å². The highest BCUT2D eigenvalue weighted by molar-refractivity contribution is 5.89. The molecule has 2 aromatic carbocycles. The van der Waals surface area contributed by atoms with Crippen molar-refractivity contribution < 1.29 is 23.4 Å². The summed E-state index contributed by atoms with van der Waals surface area (Å²) >= 11 is 0. The van der Waals surface area contributed by atoms with Crippen molar-refractivity contribution in [2.45, 2.75) is 12.8 Å². The second-order valence-electron chi connectivity index (χ2n) is 4.57. The van der Waals surface area contributed by atoms with Crippen LogP contribution in [-0.4, -0.2) is 24.3 Å². The molecule has 0 aliphatic carbocycles. The molecule has 0 radical (unpaired) electrons. The van der Waals surface area contributed by atoms with Crippen LogP contribution in [0.2, 0.25) is 0 Å². The van der Waals surface area contributed by atoms with Gasteiger partial charge < -0.3 is 9.84 Å². The fraction of sp³-hybridized carbons (Fsp3) is 0.267. The lowest BCUT2D eigenvalue weighted by atomic mass is 9.97. The van der Waals surface area contributed by atoms with E-state index in [9.17, 15) is 13.6 Å². The van der Waals surface area contributed by atoms with Gasteiger partial charge in [0.25, 0.3) is 5.92 Å². The predicted octanol–water partition coefficient (Wildman–Crippen LogP) is 3.34. The van der Waals surface area contributed by atoms with E-state index in [-0.39, 0.29) is 5.56 Å². The lowest BCUT2D eigenvalue weighted by Gasteiger charge is -2.19. The molecule has 5 heteroatoms. The predicted molar refractivity (Wildman–Crippen MR) is 71.0 cm³/mol. The minimum Gasteiger partial charge on any atom is -0.480 e. The van der Waals surface area contributed by atoms with Gasteiger partial charge in [-0.15, -0.1) is 0 Å². The topological polar surface area (TPSA) is 46.5 Å². The van der Waals surface area contributed by atoms with Gasteiger partial charge >= 0.3 is 5.97 Å². The molecule has 106 valence electrons. The van der Waals surface area contributed by atoms with E-state index in [1.807, 2.05) is 6.92 Å². The Labute approximate surface area is 114 Å². The zero-order chi connectivity index (χ0) is 14.8. The Morgan fingerprint density at radius 2 is 1.85 bits per heavy atom. The van der Waals surface area contributed by atoms with Crippen molar-refractivity contribution in [3.63, 3.8) is 0 Å². The molecule has 0 bridgehead atoms. The number of aliphatic carboxylic acids is 1. The molecule has 20 heavy (non-hydrogen) atoms. The number of hydrogen-bond acceptors (Lipinski definition) is 2. The van der Waals surface area contributed by atoms with Gasteiger partial charge in [0.15, 0.2) is 0 Å². The summed E-state index contributed by atoms with van der Waals surface area (Å²) < 4.78 is 32.8. The fourth-order valence-electron chi connectivity index (χ4n) is 2.11. The van der Waals surface area contributed by atoms with Crippen LogP contribution in [0.25, 0.3) is 10.8 Å². The molecule has 0 saturated carbocycles. The van der Waals surface area contributed by atoms with E-state index >= 15 is 0 Å². The molecule has 2 aromatic rings. The van der Waals surface area contributed by atoms with Crippen molar-refractivity contribution in [2.75, 3.05) is 13.2 Å². The molecule has 0 aromatic heterocycles. The van der Waals surface area contributed by atoms with E-state index in [1.165, 1.54) is 6.07 Å². The Balaban J connectivity index is 2.36. The standard InChI is InChI=1S/C15H14F2O3/c1-10-6-7-13(12-5-3-2-4-11(10)12)15(16,17)9-20-8-14(18)19/h2-7H,8-9H2,1H3,(H,18,19). The van der Waals surface area contributed by atoms with Gasteiger partial charge in [-0.3, -0.25) is 0 Å². The largest absolute Gasteiger partial charge is 0.480 e. The maximum Gasteiger partial charge on any atom is 0.329 e. The van der Waals surface area contributed by atoms with Gasteiger partial charge in [-0.05, 0) is 23.3 Å². The maximum absolute atomic E-state index is 14.2. The second kappa shape index (κ2) is 5.54. The normalized spacial score (nSPS) is 11.8. The Morgan fingerprint density at radius 3 is 2.50 bits per heavy atom. The van der Waals surface area contributed by atoms with Gasteiger partial charge in [0.1, 0.15) is 13.2 Å². The number of rotatable bonds is 5. The molecule has 3 nitrogen and oxygen atoms in total. The summed E-state index contributed by atoms with van der Waals surface area (Å²) in [5.74, 6) is -4.50. The number of benzene rings is 2. The molecular weight excluding hydrogens is 266 g/mol. The summed E-state index contributed by atoms with van der Waals surface area (Å²) in [6, 6.07) is 9.88. The highest BCUT2D eigenvalue weighted by Crippen LogP contribution is 2.35. The highest BCUT2D eigenvalue weighted by atomic mass is 19.3. The Hall–Kier alpha value is -2.01. The molecule has 0 fully saturated rings. The number of hydrogen-bond donors (Lipinski definition) is 1. The number of halogens is 2. The van der Waals surface area contributed by atoms with Gasteiger partial charge in [0, 0.05) is 5.56 Å². The number of aryl methyl sites for hydroxylation is 1. The number of alkyl halides is 2. The van der Waals surface area contributed by atoms with Crippen LogP contribution in [0.15, 0.2) is 36.4 Å². The maximum atomic E-state index is 14.2. The van der Waals surface area contributed by atoms with Crippen LogP contribution in [0.3, 0.4) is 0 Å². The summed E-state index contributed by atoms with van der Waals surface area (Å²) in [5, 5.41) is 9.63. The molecule has 0 amide bonds. The summed E-state index contributed by atoms with van der Waals surface area (Å²) in [5.41, 5.74) is 0.760. The van der Waals surface area contributed by atoms with Gasteiger partial charge in [0.2, 0.25) is 0 Å². The van der Waals surface area contributed by atoms with Crippen LogP contribution in [0, 0.1) is 6.92 Å². The van der Waals surface area contributed by atoms with Crippen molar-refractivity contribution in [3.8, 4) is 0 Å². The van der Waals surface area contributed by atoms with Gasteiger partial charge in [-0.1, -0.05) is 36.4 Å². The monoisotopic (exact) mass is 280 g/mol. The zero-order valence-electron chi connectivity index (χ0n) is 10.9. The van der Waals surface area contributed by atoms with Crippen molar-refractivity contribution in [1.82, 2.24) is 0 Å². The molecular formula is C15H14F2O3. The third-order valence-corrected chi connectivity index (χ3v) is 3.05. The van der Waals surface area contributed by atoms with Crippen molar-refractivity contribution in [3.05, 3.63) is 47.5 Å². The first kappa shape index (κ1) is 14.4. The quantitative estimate of drug-likeness (QED) is 0.913. The molecule has 0 unspecified atom stereocenters. The van der Waals surface area contributed by atoms with Crippen LogP contribution in [-0.2, 0) is 15.5 Å². The SMILES string of the molecule is Cc1ccc(C(F)(F)COCC(=O)O)c2ccccc12. The van der Waals surface area contributed by atoms with Crippen molar-refractivity contribution in [1.29, 1.82) is 0 Å². The van der Waals surface area contributed by atoms with E-state index in [1.54, 1.807) is 30.3 Å². The lowest BCUT2D eigenvalue weighted by molar-refractivity contribution is -0.147. The van der Waals surface area contributed by atoms with Crippen LogP contribution in [0.4, 0.5) is 8.78 Å². The molecule has 0 saturated heterocycles. The summed E-state index contributed by atoms with van der Waals surface area (Å²) in [7, 11) is 0. The fourth-order valence-corrected chi connectivity index (χ4v) is 2.11. The minimum absolute atomic E-state index is 0.149. The summed E-state index contributed by atoms with van der Waals surface area (Å²) in [6.07, 6.45) is 0. The highest BCUT2D eigenvalue weighted by Gasteiger charge is 2.34. The van der Waals surface area contributed by atoms with E-state index < -0.39 is 25.1 Å². The van der Waals surface area contributed by atoms with Gasteiger partial charge in [-0.2, -0.15) is 8.78 Å². The summed E-state index contributed by atoms with van der Waals surface area (Å²) in [4.78, 5) is 10.3. The number of fused-ring (bicyclic) bond motifs is 1. The van der Waals surface area contributed by atoms with Gasteiger partial charge in [0.05, 0.1) is 0 Å². The first-order chi connectivity index (χ1) is 9.42. The number of carboxylic acid groups (broad SMARTS) is 1. The smallest absolute Gasteiger partial charge is 0.329 e. The van der Waals surface area contributed by atoms with Crippen LogP contribution < -0.4 is 0 Å². The van der Waals surface area contributed by atoms with Crippen LogP contribution >= 0.6 is 0 Å². The molecule has 2 rings (SSSR count). The second-order valence-corrected chi connectivity index (χ2v) is 4.57. The third-order valence-electron chi connectivity index (χ3n) is 3.05. The first-order valence-electron chi connectivity index (χ1n) is 6.08. The van der Waals surface area contributed by atoms with Crippen molar-refractivity contribution >= 4 is 16.7 Å². The average molecular weight is 280 g/mol. The molecule has 0 heterocycles. The Morgan fingerprint density at radius 1 is 1.20 bits per heavy atom. The number of ether oxygens (including phenoxy) is 1. The minimum atomic E-state index is -3.23. The van der Waals surface area contributed by atoms with E-state index in [4.69, 9.17) is 5.11 Å². The Kier molecular flexibility index (Phi) is 3.99.